The van der Waals surface area contributed by atoms with Crippen LogP contribution in [0.2, 0.25) is 0 Å². The third-order valence-corrected chi connectivity index (χ3v) is 11.1. The van der Waals surface area contributed by atoms with Crippen LogP contribution >= 0.6 is 0 Å². The first-order valence-electron chi connectivity index (χ1n) is 18.9. The van der Waals surface area contributed by atoms with E-state index in [1.807, 2.05) is 6.92 Å². The Morgan fingerprint density at radius 3 is 2.23 bits per heavy atom. The van der Waals surface area contributed by atoms with Gasteiger partial charge in [0.05, 0.1) is 24.0 Å². The number of likely N-dealkylation sites (tertiary alicyclic amines) is 1. The summed E-state index contributed by atoms with van der Waals surface area (Å²) in [7, 11) is 0. The number of carbonyl (C=O) groups is 5. The SMILES string of the molecule is CCC[C@H](NC(=O)[C@@H]1[C@H]2CCC[C@H]2CN1C(=O)[C@@H](NC(=O)[C@@H](N[C@H](c1cnccn1)C(F)(F)F)C1CCCCC1)C(C)(C)C)C(=O)C(=O)NC1CC1. The summed E-state index contributed by atoms with van der Waals surface area (Å²) in [5.41, 5.74) is -1.26. The van der Waals surface area contributed by atoms with Crippen molar-refractivity contribution in [3.05, 3.63) is 24.3 Å². The number of hydrogen-bond acceptors (Lipinski definition) is 8. The van der Waals surface area contributed by atoms with Crippen LogP contribution in [0.15, 0.2) is 18.6 Å². The normalized spacial score (nSPS) is 24.7. The van der Waals surface area contributed by atoms with Crippen LogP contribution in [-0.4, -0.2) is 87.2 Å². The van der Waals surface area contributed by atoms with E-state index in [4.69, 9.17) is 0 Å². The number of amides is 4. The molecule has 52 heavy (non-hydrogen) atoms. The van der Waals surface area contributed by atoms with Crippen molar-refractivity contribution in [1.29, 1.82) is 0 Å². The Morgan fingerprint density at radius 1 is 0.923 bits per heavy atom. The van der Waals surface area contributed by atoms with Gasteiger partial charge in [0.15, 0.2) is 0 Å². The maximum absolute atomic E-state index is 14.6. The molecule has 3 aliphatic carbocycles. The van der Waals surface area contributed by atoms with E-state index in [0.717, 1.165) is 51.1 Å². The minimum atomic E-state index is -4.79. The highest BCUT2D eigenvalue weighted by molar-refractivity contribution is 6.38. The monoisotopic (exact) mass is 733 g/mol. The van der Waals surface area contributed by atoms with E-state index in [9.17, 15) is 37.1 Å². The van der Waals surface area contributed by atoms with Gasteiger partial charge >= 0.3 is 6.18 Å². The summed E-state index contributed by atoms with van der Waals surface area (Å²) in [5, 5.41) is 10.9. The number of ketones is 1. The predicted octanol–water partition coefficient (Wildman–Crippen LogP) is 3.91. The fourth-order valence-electron chi connectivity index (χ4n) is 8.25. The molecule has 15 heteroatoms. The zero-order valence-electron chi connectivity index (χ0n) is 30.6. The van der Waals surface area contributed by atoms with Gasteiger partial charge in [-0.2, -0.15) is 13.2 Å². The van der Waals surface area contributed by atoms with Gasteiger partial charge in [-0.05, 0) is 68.1 Å². The molecule has 12 nitrogen and oxygen atoms in total. The maximum Gasteiger partial charge on any atom is 0.409 e. The Labute approximate surface area is 303 Å². The number of rotatable bonds is 14. The zero-order valence-corrected chi connectivity index (χ0v) is 30.6. The van der Waals surface area contributed by atoms with E-state index in [2.05, 4.69) is 31.2 Å². The van der Waals surface area contributed by atoms with Crippen LogP contribution < -0.4 is 21.3 Å². The molecule has 0 radical (unpaired) electrons. The van der Waals surface area contributed by atoms with Crippen LogP contribution in [-0.2, 0) is 24.0 Å². The van der Waals surface area contributed by atoms with Gasteiger partial charge in [-0.1, -0.05) is 59.8 Å². The van der Waals surface area contributed by atoms with Crippen molar-refractivity contribution < 1.29 is 37.1 Å². The first kappa shape index (κ1) is 39.6. The van der Waals surface area contributed by atoms with Gasteiger partial charge in [0.2, 0.25) is 23.5 Å². The van der Waals surface area contributed by atoms with Crippen LogP contribution in [0, 0.1) is 23.2 Å². The lowest BCUT2D eigenvalue weighted by molar-refractivity contribution is -0.163. The van der Waals surface area contributed by atoms with Crippen molar-refractivity contribution in [2.45, 2.75) is 147 Å². The van der Waals surface area contributed by atoms with E-state index in [1.54, 1.807) is 20.8 Å². The fraction of sp³-hybridized carbons (Fsp3) is 0.757. The van der Waals surface area contributed by atoms with Crippen molar-refractivity contribution in [2.24, 2.45) is 23.2 Å². The third-order valence-electron chi connectivity index (χ3n) is 11.1. The highest BCUT2D eigenvalue weighted by Gasteiger charge is 2.53. The summed E-state index contributed by atoms with van der Waals surface area (Å²) >= 11 is 0. The lowest BCUT2D eigenvalue weighted by atomic mass is 9.81. The number of halogens is 3. The van der Waals surface area contributed by atoms with E-state index < -0.39 is 77.1 Å². The second-order valence-electron chi connectivity index (χ2n) is 16.2. The molecule has 4 aliphatic rings. The number of hydrogen-bond donors (Lipinski definition) is 4. The Hall–Kier alpha value is -3.62. The molecule has 4 N–H and O–H groups in total. The summed E-state index contributed by atoms with van der Waals surface area (Å²) in [6.45, 7) is 7.40. The molecular formula is C37H54F3N7O5. The first-order chi connectivity index (χ1) is 24.6. The summed E-state index contributed by atoms with van der Waals surface area (Å²) in [4.78, 5) is 78.0. The minimum Gasteiger partial charge on any atom is -0.347 e. The average Bonchev–Trinajstić information content (AvgIpc) is 3.66. The van der Waals surface area contributed by atoms with Crippen molar-refractivity contribution in [3.63, 3.8) is 0 Å². The number of nitrogens with zero attached hydrogens (tertiary/aromatic N) is 3. The summed E-state index contributed by atoms with van der Waals surface area (Å²) in [5.74, 6) is -3.77. The molecule has 4 fully saturated rings. The topological polar surface area (TPSA) is 162 Å². The second kappa shape index (κ2) is 16.6. The zero-order chi connectivity index (χ0) is 37.8. The highest BCUT2D eigenvalue weighted by atomic mass is 19.4. The average molecular weight is 734 g/mol. The first-order valence-corrected chi connectivity index (χ1v) is 18.9. The smallest absolute Gasteiger partial charge is 0.347 e. The van der Waals surface area contributed by atoms with E-state index >= 15 is 0 Å². The molecule has 4 amide bonds. The number of Topliss-reactive ketones (excluding diaryl/α,β-unsaturated/α-hetero) is 1. The fourth-order valence-corrected chi connectivity index (χ4v) is 8.25. The summed E-state index contributed by atoms with van der Waals surface area (Å²) in [6.07, 6.45) is 6.97. The van der Waals surface area contributed by atoms with Crippen LogP contribution in [0.3, 0.4) is 0 Å². The summed E-state index contributed by atoms with van der Waals surface area (Å²) in [6, 6.07) is -6.74. The van der Waals surface area contributed by atoms with Crippen LogP contribution in [0.1, 0.15) is 116 Å². The standard InChI is InChI=1S/C37H54F3N7O5/c1-5-10-25(29(48)34(51)43-23-15-16-23)44-33(50)28-24-14-9-13-22(24)20-47(28)35(52)31(36(2,3)4)46-32(49)27(21-11-7-6-8-12-21)45-30(37(38,39)40)26-19-41-17-18-42-26/h17-19,21-25,27-28,30-31,45H,5-16,20H2,1-4H3,(H,43,51)(H,44,50)(H,46,49)/t22-,24-,25-,27-,28-,30+,31+/m0/s1. The molecule has 7 atom stereocenters. The van der Waals surface area contributed by atoms with Gasteiger partial charge in [0.25, 0.3) is 5.91 Å². The second-order valence-corrected chi connectivity index (χ2v) is 16.2. The van der Waals surface area contributed by atoms with Crippen molar-refractivity contribution >= 4 is 29.4 Å². The molecule has 0 unspecified atom stereocenters. The number of carbonyl (C=O) groups excluding carboxylic acids is 5. The summed E-state index contributed by atoms with van der Waals surface area (Å²) < 4.78 is 43.5. The lowest BCUT2D eigenvalue weighted by Gasteiger charge is -2.39. The molecule has 2 heterocycles. The molecule has 0 aromatic carbocycles. The quantitative estimate of drug-likeness (QED) is 0.209. The highest BCUT2D eigenvalue weighted by Crippen LogP contribution is 2.43. The molecule has 1 aromatic heterocycles. The Morgan fingerprint density at radius 2 is 1.63 bits per heavy atom. The molecule has 3 saturated carbocycles. The van der Waals surface area contributed by atoms with Crippen molar-refractivity contribution in [2.75, 3.05) is 6.54 Å². The van der Waals surface area contributed by atoms with E-state index in [1.165, 1.54) is 17.3 Å². The molecule has 0 spiro atoms. The number of nitrogens with one attached hydrogen (secondary N) is 4. The van der Waals surface area contributed by atoms with Crippen molar-refractivity contribution in [1.82, 2.24) is 36.1 Å². The van der Waals surface area contributed by atoms with E-state index in [-0.39, 0.29) is 36.5 Å². The van der Waals surface area contributed by atoms with Gasteiger partial charge in [0, 0.05) is 25.0 Å². The predicted molar refractivity (Wildman–Crippen MR) is 185 cm³/mol. The minimum absolute atomic E-state index is 0.0274. The molecular weight excluding hydrogens is 679 g/mol. The van der Waals surface area contributed by atoms with Crippen molar-refractivity contribution in [3.8, 4) is 0 Å². The molecule has 0 bridgehead atoms. The third kappa shape index (κ3) is 9.48. The van der Waals surface area contributed by atoms with Gasteiger partial charge in [0.1, 0.15) is 18.1 Å². The number of aromatic nitrogens is 2. The molecule has 5 rings (SSSR count). The largest absolute Gasteiger partial charge is 0.409 e. The van der Waals surface area contributed by atoms with Crippen LogP contribution in [0.4, 0.5) is 13.2 Å². The Kier molecular flexibility index (Phi) is 12.6. The van der Waals surface area contributed by atoms with Crippen LogP contribution in [0.5, 0.6) is 0 Å². The lowest BCUT2D eigenvalue weighted by Crippen LogP contribution is -2.62. The van der Waals surface area contributed by atoms with Gasteiger partial charge in [-0.3, -0.25) is 39.3 Å². The number of alkyl halides is 3. The maximum atomic E-state index is 14.6. The van der Waals surface area contributed by atoms with Crippen LogP contribution in [0.25, 0.3) is 0 Å². The molecule has 288 valence electrons. The molecule has 1 saturated heterocycles. The van der Waals surface area contributed by atoms with E-state index in [0.29, 0.717) is 25.7 Å². The Bertz CT molecular complexity index is 1440. The Balaban J connectivity index is 1.39. The molecule has 1 aromatic rings. The number of fused-ring (bicyclic) bond motifs is 1. The van der Waals surface area contributed by atoms with Gasteiger partial charge in [-0.15, -0.1) is 0 Å². The van der Waals surface area contributed by atoms with Gasteiger partial charge < -0.3 is 20.9 Å². The van der Waals surface area contributed by atoms with Gasteiger partial charge in [-0.25, -0.2) is 0 Å². The molecule has 1 aliphatic heterocycles.